The molecule has 122 valence electrons. The third-order valence-corrected chi connectivity index (χ3v) is 4.57. The van der Waals surface area contributed by atoms with Gasteiger partial charge in [0, 0.05) is 29.8 Å². The Labute approximate surface area is 147 Å². The van der Waals surface area contributed by atoms with Crippen LogP contribution in [0.25, 0.3) is 17.0 Å². The first kappa shape index (κ1) is 16.4. The lowest BCUT2D eigenvalue weighted by Gasteiger charge is -2.09. The lowest BCUT2D eigenvalue weighted by atomic mass is 10.2. The number of rotatable bonds is 4. The van der Waals surface area contributed by atoms with E-state index in [1.807, 2.05) is 0 Å². The van der Waals surface area contributed by atoms with Gasteiger partial charge in [0.15, 0.2) is 10.9 Å². The van der Waals surface area contributed by atoms with Gasteiger partial charge >= 0.3 is 0 Å². The van der Waals surface area contributed by atoms with E-state index in [0.717, 1.165) is 5.39 Å². The summed E-state index contributed by atoms with van der Waals surface area (Å²) in [4.78, 5) is 29.3. The zero-order chi connectivity index (χ0) is 17.3. The number of thiazole rings is 1. The molecule has 0 saturated heterocycles. The van der Waals surface area contributed by atoms with Gasteiger partial charge < -0.3 is 4.42 Å². The van der Waals surface area contributed by atoms with Gasteiger partial charge in [-0.25, -0.2) is 4.98 Å². The third kappa shape index (κ3) is 3.39. The second kappa shape index (κ2) is 6.59. The molecule has 24 heavy (non-hydrogen) atoms. The predicted octanol–water partition coefficient (Wildman–Crippen LogP) is 4.42. The summed E-state index contributed by atoms with van der Waals surface area (Å²) < 4.78 is 5.52. The summed E-state index contributed by atoms with van der Waals surface area (Å²) in [5.74, 6) is -0.131. The highest BCUT2D eigenvalue weighted by molar-refractivity contribution is 7.14. The number of allylic oxidation sites excluding steroid dienone is 1. The van der Waals surface area contributed by atoms with Crippen molar-refractivity contribution in [1.82, 2.24) is 4.98 Å². The van der Waals surface area contributed by atoms with Crippen LogP contribution in [0.1, 0.15) is 23.2 Å². The smallest absolute Gasteiger partial charge is 0.225 e. The molecule has 0 unspecified atom stereocenters. The van der Waals surface area contributed by atoms with Gasteiger partial charge in [0.1, 0.15) is 5.58 Å². The second-order valence-corrected chi connectivity index (χ2v) is 6.40. The summed E-state index contributed by atoms with van der Waals surface area (Å²) in [7, 11) is 1.65. The highest BCUT2D eigenvalue weighted by Gasteiger charge is 2.12. The number of carbonyl (C=O) groups excluding carboxylic acids is 2. The van der Waals surface area contributed by atoms with E-state index in [1.165, 1.54) is 29.2 Å². The van der Waals surface area contributed by atoms with Gasteiger partial charge in [-0.3, -0.25) is 14.5 Å². The van der Waals surface area contributed by atoms with Crippen molar-refractivity contribution in [3.05, 3.63) is 52.2 Å². The van der Waals surface area contributed by atoms with E-state index in [4.69, 9.17) is 16.0 Å². The largest absolute Gasteiger partial charge is 0.453 e. The Morgan fingerprint density at radius 1 is 1.33 bits per heavy atom. The van der Waals surface area contributed by atoms with Crippen molar-refractivity contribution in [2.24, 2.45) is 0 Å². The normalized spacial score (nSPS) is 11.3. The fourth-order valence-electron chi connectivity index (χ4n) is 2.02. The molecule has 3 aromatic rings. The summed E-state index contributed by atoms with van der Waals surface area (Å²) in [6, 6.07) is 6.83. The monoisotopic (exact) mass is 360 g/mol. The first-order valence-corrected chi connectivity index (χ1v) is 8.31. The average Bonchev–Trinajstić information content (AvgIpc) is 3.18. The predicted molar refractivity (Wildman–Crippen MR) is 95.8 cm³/mol. The number of furan rings is 1. The molecular weight excluding hydrogens is 348 g/mol. The lowest BCUT2D eigenvalue weighted by molar-refractivity contribution is -0.116. The molecular formula is C17H13ClN2O3S. The Bertz CT molecular complexity index is 958. The Kier molecular flexibility index (Phi) is 4.51. The van der Waals surface area contributed by atoms with Crippen molar-refractivity contribution in [2.45, 2.75) is 6.92 Å². The quantitative estimate of drug-likeness (QED) is 0.510. The second-order valence-electron chi connectivity index (χ2n) is 5.12. The van der Waals surface area contributed by atoms with Crippen LogP contribution in [-0.2, 0) is 4.79 Å². The number of carbonyl (C=O) groups is 2. The molecule has 2 aromatic heterocycles. The Balaban J connectivity index is 1.78. The SMILES string of the molecule is CC(=O)N(C)c1nc(/C=C/C(=O)c2cc3cc(Cl)ccc3o2)cs1. The van der Waals surface area contributed by atoms with E-state index in [2.05, 4.69) is 4.98 Å². The molecule has 1 aromatic carbocycles. The van der Waals surface area contributed by atoms with Crippen molar-refractivity contribution < 1.29 is 14.0 Å². The Morgan fingerprint density at radius 2 is 2.12 bits per heavy atom. The van der Waals surface area contributed by atoms with E-state index in [9.17, 15) is 9.59 Å². The van der Waals surface area contributed by atoms with Crippen LogP contribution in [0.5, 0.6) is 0 Å². The molecule has 3 rings (SSSR count). The van der Waals surface area contributed by atoms with Crippen molar-refractivity contribution >= 4 is 56.8 Å². The molecule has 0 aliphatic rings. The first-order chi connectivity index (χ1) is 11.4. The Morgan fingerprint density at radius 3 is 2.88 bits per heavy atom. The van der Waals surface area contributed by atoms with Crippen LogP contribution in [0.4, 0.5) is 5.13 Å². The molecule has 0 bridgehead atoms. The maximum Gasteiger partial charge on any atom is 0.225 e. The lowest BCUT2D eigenvalue weighted by Crippen LogP contribution is -2.22. The minimum Gasteiger partial charge on any atom is -0.453 e. The molecule has 2 heterocycles. The number of fused-ring (bicyclic) bond motifs is 1. The third-order valence-electron chi connectivity index (χ3n) is 3.40. The summed E-state index contributed by atoms with van der Waals surface area (Å²) in [5, 5.41) is 3.71. The van der Waals surface area contributed by atoms with Gasteiger partial charge in [-0.15, -0.1) is 11.3 Å². The van der Waals surface area contributed by atoms with Crippen LogP contribution in [0.2, 0.25) is 5.02 Å². The number of anilines is 1. The number of nitrogens with zero attached hydrogens (tertiary/aromatic N) is 2. The number of ketones is 1. The van der Waals surface area contributed by atoms with Crippen LogP contribution in [0.15, 0.2) is 40.1 Å². The van der Waals surface area contributed by atoms with Gasteiger partial charge in [-0.05, 0) is 36.4 Å². The minimum atomic E-state index is -0.267. The van der Waals surface area contributed by atoms with E-state index in [1.54, 1.807) is 42.8 Å². The van der Waals surface area contributed by atoms with Crippen LogP contribution < -0.4 is 4.90 Å². The first-order valence-electron chi connectivity index (χ1n) is 7.05. The molecule has 0 aliphatic carbocycles. The molecule has 0 spiro atoms. The fourth-order valence-corrected chi connectivity index (χ4v) is 3.00. The number of aromatic nitrogens is 1. The molecule has 5 nitrogen and oxygen atoms in total. The van der Waals surface area contributed by atoms with Crippen LogP contribution in [0, 0.1) is 0 Å². The highest BCUT2D eigenvalue weighted by Crippen LogP contribution is 2.24. The molecule has 0 radical (unpaired) electrons. The molecule has 0 fully saturated rings. The maximum atomic E-state index is 12.2. The van der Waals surface area contributed by atoms with Crippen molar-refractivity contribution in [3.63, 3.8) is 0 Å². The topological polar surface area (TPSA) is 63.4 Å². The maximum absolute atomic E-state index is 12.2. The van der Waals surface area contributed by atoms with E-state index in [0.29, 0.717) is 21.4 Å². The van der Waals surface area contributed by atoms with E-state index >= 15 is 0 Å². The summed E-state index contributed by atoms with van der Waals surface area (Å²) in [6.45, 7) is 1.47. The molecule has 0 atom stereocenters. The van der Waals surface area contributed by atoms with Gasteiger partial charge in [0.25, 0.3) is 0 Å². The van der Waals surface area contributed by atoms with E-state index in [-0.39, 0.29) is 17.5 Å². The van der Waals surface area contributed by atoms with E-state index < -0.39 is 0 Å². The standard InChI is InChI=1S/C17H13ClN2O3S/c1-10(21)20(2)17-19-13(9-24-17)4-5-14(22)16-8-11-7-12(18)3-6-15(11)23-16/h3-9H,1-2H3/b5-4+. The van der Waals surface area contributed by atoms with Gasteiger partial charge in [0.05, 0.1) is 5.69 Å². The molecule has 1 amide bonds. The fraction of sp³-hybridized carbons (Fsp3) is 0.118. The zero-order valence-electron chi connectivity index (χ0n) is 12.9. The van der Waals surface area contributed by atoms with Crippen LogP contribution in [0.3, 0.4) is 0 Å². The Hall–Kier alpha value is -2.44. The van der Waals surface area contributed by atoms with Gasteiger partial charge in [-0.2, -0.15) is 0 Å². The molecule has 0 aliphatic heterocycles. The molecule has 0 N–H and O–H groups in total. The molecule has 0 saturated carbocycles. The number of benzene rings is 1. The summed E-state index contributed by atoms with van der Waals surface area (Å²) >= 11 is 7.26. The number of hydrogen-bond acceptors (Lipinski definition) is 5. The number of amides is 1. The van der Waals surface area contributed by atoms with Crippen LogP contribution in [-0.4, -0.2) is 23.7 Å². The minimum absolute atomic E-state index is 0.100. The van der Waals surface area contributed by atoms with Gasteiger partial charge in [0.2, 0.25) is 11.7 Å². The van der Waals surface area contributed by atoms with Gasteiger partial charge in [-0.1, -0.05) is 11.6 Å². The highest BCUT2D eigenvalue weighted by atomic mass is 35.5. The zero-order valence-corrected chi connectivity index (χ0v) is 14.5. The number of hydrogen-bond donors (Lipinski definition) is 0. The molecule has 7 heteroatoms. The summed E-state index contributed by atoms with van der Waals surface area (Å²) in [5.41, 5.74) is 1.21. The van der Waals surface area contributed by atoms with Crippen molar-refractivity contribution in [2.75, 3.05) is 11.9 Å². The summed E-state index contributed by atoms with van der Waals surface area (Å²) in [6.07, 6.45) is 2.99. The van der Waals surface area contributed by atoms with Crippen molar-refractivity contribution in [1.29, 1.82) is 0 Å². The van der Waals surface area contributed by atoms with Crippen molar-refractivity contribution in [3.8, 4) is 0 Å². The number of halogens is 1. The average molecular weight is 361 g/mol. The van der Waals surface area contributed by atoms with Crippen LogP contribution >= 0.6 is 22.9 Å².